The van der Waals surface area contributed by atoms with Crippen LogP contribution in [0.2, 0.25) is 0 Å². The molecule has 0 saturated heterocycles. The number of ether oxygens (including phenoxy) is 2. The van der Waals surface area contributed by atoms with Gasteiger partial charge in [0.15, 0.2) is 0 Å². The minimum Gasteiger partial charge on any atom is -0.464 e. The molecule has 2 unspecified atom stereocenters. The largest absolute Gasteiger partial charge is 0.464 e. The number of alkyl carbamates (subject to hydrolysis) is 1. The number of rotatable bonds is 15. The van der Waals surface area contributed by atoms with Gasteiger partial charge in [0.1, 0.15) is 13.2 Å². The van der Waals surface area contributed by atoms with Crippen molar-refractivity contribution in [1.82, 2.24) is 20.4 Å². The SMILES string of the molecule is CN(CCOC(=O)NCC1(C)CC(CC(=O)OCCN(C)C(=O)NCc2ccccc2)CC(C)(C)C1)C(=O)CCc1ccccc1. The molecule has 0 heterocycles. The van der Waals surface area contributed by atoms with Crippen LogP contribution < -0.4 is 10.6 Å². The third-order valence-corrected chi connectivity index (χ3v) is 8.52. The second kappa shape index (κ2) is 17.6. The van der Waals surface area contributed by atoms with Crippen molar-refractivity contribution in [2.45, 2.75) is 65.8 Å². The smallest absolute Gasteiger partial charge is 0.407 e. The van der Waals surface area contributed by atoms with Crippen molar-refractivity contribution in [2.24, 2.45) is 16.7 Å². The molecule has 10 nitrogen and oxygen atoms in total. The standard InChI is InChI=1S/C36H52N4O6/c1-35(2)23-30(22-32(42)45-20-19-40(5)33(43)37-25-29-14-10-7-11-15-29)24-36(3,26-35)27-38-34(44)46-21-18-39(4)31(41)17-16-28-12-8-6-9-13-28/h6-15,30H,16-27H2,1-5H3,(H,37,43)(H,38,44). The van der Waals surface area contributed by atoms with E-state index in [1.165, 1.54) is 4.90 Å². The highest BCUT2D eigenvalue weighted by Gasteiger charge is 2.42. The van der Waals surface area contributed by atoms with Gasteiger partial charge < -0.3 is 29.9 Å². The lowest BCUT2D eigenvalue weighted by Gasteiger charge is -2.46. The van der Waals surface area contributed by atoms with E-state index in [1.54, 1.807) is 19.0 Å². The molecule has 252 valence electrons. The van der Waals surface area contributed by atoms with E-state index in [0.717, 1.165) is 30.4 Å². The Labute approximate surface area is 274 Å². The lowest BCUT2D eigenvalue weighted by Crippen LogP contribution is -2.44. The van der Waals surface area contributed by atoms with Crippen LogP contribution in [0.3, 0.4) is 0 Å². The number of carbonyl (C=O) groups is 4. The van der Waals surface area contributed by atoms with Crippen molar-refractivity contribution >= 4 is 24.0 Å². The highest BCUT2D eigenvalue weighted by Crippen LogP contribution is 2.49. The Hall–Kier alpha value is -4.08. The zero-order valence-corrected chi connectivity index (χ0v) is 28.2. The van der Waals surface area contributed by atoms with E-state index in [9.17, 15) is 19.2 Å². The number of hydrogen-bond donors (Lipinski definition) is 2. The molecule has 0 radical (unpaired) electrons. The van der Waals surface area contributed by atoms with Crippen molar-refractivity contribution in [2.75, 3.05) is 46.9 Å². The summed E-state index contributed by atoms with van der Waals surface area (Å²) in [5.74, 6) is -0.162. The van der Waals surface area contributed by atoms with Crippen molar-refractivity contribution < 1.29 is 28.7 Å². The number of likely N-dealkylation sites (N-methyl/N-ethyl adjacent to an activating group) is 2. The maximum absolute atomic E-state index is 12.7. The molecule has 0 bridgehead atoms. The van der Waals surface area contributed by atoms with Crippen LogP contribution in [0.25, 0.3) is 0 Å². The first-order chi connectivity index (χ1) is 21.8. The van der Waals surface area contributed by atoms with E-state index in [-0.39, 0.29) is 54.3 Å². The number of carbonyl (C=O) groups excluding carboxylic acids is 4. The van der Waals surface area contributed by atoms with Gasteiger partial charge in [-0.05, 0) is 53.6 Å². The zero-order valence-electron chi connectivity index (χ0n) is 28.2. The first-order valence-electron chi connectivity index (χ1n) is 16.2. The van der Waals surface area contributed by atoms with Crippen molar-refractivity contribution in [3.8, 4) is 0 Å². The second-order valence-electron chi connectivity index (χ2n) is 13.7. The number of esters is 1. The molecule has 0 aromatic heterocycles. The van der Waals surface area contributed by atoms with Gasteiger partial charge in [-0.15, -0.1) is 0 Å². The first kappa shape index (κ1) is 36.4. The van der Waals surface area contributed by atoms with Crippen LogP contribution in [0, 0.1) is 16.7 Å². The van der Waals surface area contributed by atoms with Crippen molar-refractivity contribution in [1.29, 1.82) is 0 Å². The number of hydrogen-bond acceptors (Lipinski definition) is 6. The molecule has 0 aliphatic heterocycles. The average Bonchev–Trinajstić information content (AvgIpc) is 3.01. The van der Waals surface area contributed by atoms with E-state index >= 15 is 0 Å². The Morgan fingerprint density at radius 2 is 1.41 bits per heavy atom. The van der Waals surface area contributed by atoms with Gasteiger partial charge in [-0.25, -0.2) is 9.59 Å². The summed E-state index contributed by atoms with van der Waals surface area (Å²) in [5, 5.41) is 5.77. The highest BCUT2D eigenvalue weighted by molar-refractivity contribution is 5.76. The molecule has 46 heavy (non-hydrogen) atoms. The van der Waals surface area contributed by atoms with Crippen LogP contribution in [0.1, 0.15) is 64.0 Å². The molecule has 1 aliphatic carbocycles. The Balaban J connectivity index is 1.34. The second-order valence-corrected chi connectivity index (χ2v) is 13.7. The van der Waals surface area contributed by atoms with Gasteiger partial charge in [0.05, 0.1) is 13.1 Å². The minimum atomic E-state index is -0.511. The minimum absolute atomic E-state index is 0.00531. The number of nitrogens with zero attached hydrogens (tertiary/aromatic N) is 2. The van der Waals surface area contributed by atoms with Crippen LogP contribution in [-0.4, -0.2) is 80.7 Å². The monoisotopic (exact) mass is 636 g/mol. The van der Waals surface area contributed by atoms with Crippen LogP contribution in [0.5, 0.6) is 0 Å². The van der Waals surface area contributed by atoms with E-state index in [4.69, 9.17) is 9.47 Å². The maximum Gasteiger partial charge on any atom is 0.407 e. The van der Waals surface area contributed by atoms with Gasteiger partial charge in [0.2, 0.25) is 5.91 Å². The number of nitrogens with one attached hydrogen (secondary N) is 2. The molecule has 3 rings (SSSR count). The van der Waals surface area contributed by atoms with Gasteiger partial charge >= 0.3 is 18.1 Å². The molecule has 1 aliphatic rings. The van der Waals surface area contributed by atoms with Crippen LogP contribution in [0.4, 0.5) is 9.59 Å². The van der Waals surface area contributed by atoms with Gasteiger partial charge in [0, 0.05) is 40.0 Å². The molecular formula is C36H52N4O6. The predicted molar refractivity (Wildman–Crippen MR) is 178 cm³/mol. The summed E-state index contributed by atoms with van der Waals surface area (Å²) in [5.41, 5.74) is 1.90. The molecule has 4 amide bonds. The Kier molecular flexibility index (Phi) is 13.9. The Bertz CT molecular complexity index is 1270. The summed E-state index contributed by atoms with van der Waals surface area (Å²) in [6.45, 7) is 8.23. The van der Waals surface area contributed by atoms with Crippen LogP contribution in [0.15, 0.2) is 60.7 Å². The Morgan fingerprint density at radius 3 is 2.09 bits per heavy atom. The first-order valence-corrected chi connectivity index (χ1v) is 16.2. The lowest BCUT2D eigenvalue weighted by atomic mass is 9.60. The van der Waals surface area contributed by atoms with Gasteiger partial charge in [-0.3, -0.25) is 9.59 Å². The molecule has 0 spiro atoms. The van der Waals surface area contributed by atoms with Gasteiger partial charge in [-0.1, -0.05) is 81.4 Å². The maximum atomic E-state index is 12.7. The number of benzene rings is 2. The number of urea groups is 1. The summed E-state index contributed by atoms with van der Waals surface area (Å²) >= 11 is 0. The lowest BCUT2D eigenvalue weighted by molar-refractivity contribution is -0.146. The van der Waals surface area contributed by atoms with Crippen LogP contribution in [-0.2, 0) is 32.0 Å². The molecule has 10 heteroatoms. The normalized spacial score (nSPS) is 18.6. The fourth-order valence-corrected chi connectivity index (χ4v) is 6.55. The summed E-state index contributed by atoms with van der Waals surface area (Å²) in [6, 6.07) is 19.3. The molecule has 2 aromatic carbocycles. The molecule has 2 atom stereocenters. The van der Waals surface area contributed by atoms with Gasteiger partial charge in [0.25, 0.3) is 0 Å². The molecule has 1 saturated carbocycles. The van der Waals surface area contributed by atoms with E-state index < -0.39 is 6.09 Å². The average molecular weight is 637 g/mol. The number of amides is 4. The fraction of sp³-hybridized carbons (Fsp3) is 0.556. The summed E-state index contributed by atoms with van der Waals surface area (Å²) in [7, 11) is 3.39. The van der Waals surface area contributed by atoms with E-state index in [0.29, 0.717) is 39.0 Å². The molecule has 2 aromatic rings. The highest BCUT2D eigenvalue weighted by atomic mass is 16.5. The Morgan fingerprint density at radius 1 is 0.804 bits per heavy atom. The third-order valence-electron chi connectivity index (χ3n) is 8.52. The van der Waals surface area contributed by atoms with Gasteiger partial charge in [-0.2, -0.15) is 0 Å². The molecule has 2 N–H and O–H groups in total. The summed E-state index contributed by atoms with van der Waals surface area (Å²) in [6.07, 6.45) is 3.40. The van der Waals surface area contributed by atoms with Crippen molar-refractivity contribution in [3.63, 3.8) is 0 Å². The summed E-state index contributed by atoms with van der Waals surface area (Å²) < 4.78 is 10.9. The quantitative estimate of drug-likeness (QED) is 0.253. The molecular weight excluding hydrogens is 584 g/mol. The molecule has 1 fully saturated rings. The van der Waals surface area contributed by atoms with Crippen LogP contribution >= 0.6 is 0 Å². The summed E-state index contributed by atoms with van der Waals surface area (Å²) in [4.78, 5) is 53.1. The van der Waals surface area contributed by atoms with Crippen molar-refractivity contribution in [3.05, 3.63) is 71.8 Å². The number of aryl methyl sites for hydroxylation is 1. The topological polar surface area (TPSA) is 117 Å². The van der Waals surface area contributed by atoms with E-state index in [2.05, 4.69) is 31.4 Å². The zero-order chi connectivity index (χ0) is 33.6. The predicted octanol–water partition coefficient (Wildman–Crippen LogP) is 5.41. The third kappa shape index (κ3) is 13.1. The fourth-order valence-electron chi connectivity index (χ4n) is 6.55. The van der Waals surface area contributed by atoms with E-state index in [1.807, 2.05) is 60.7 Å².